The van der Waals surface area contributed by atoms with Gasteiger partial charge in [-0.2, -0.15) is 0 Å². The standard InChI is InChI=1S/C18H16N2O3/c1-13(21)19-16-9-5-8-15-10-11-20(17(15)16)18(22)23-12-14-6-3-2-4-7-14/h2-11H,12H2,1H3,(H,19,21). The summed E-state index contributed by atoms with van der Waals surface area (Å²) in [5.41, 5.74) is 2.12. The smallest absolute Gasteiger partial charge is 0.418 e. The molecule has 0 aliphatic heterocycles. The predicted octanol–water partition coefficient (Wildman–Crippen LogP) is 3.78. The van der Waals surface area contributed by atoms with E-state index in [0.29, 0.717) is 11.2 Å². The normalized spacial score (nSPS) is 10.5. The number of anilines is 1. The van der Waals surface area contributed by atoms with Gasteiger partial charge in [0, 0.05) is 18.5 Å². The van der Waals surface area contributed by atoms with Crippen LogP contribution >= 0.6 is 0 Å². The summed E-state index contributed by atoms with van der Waals surface area (Å²) in [5.74, 6) is -0.192. The van der Waals surface area contributed by atoms with Crippen molar-refractivity contribution in [1.82, 2.24) is 4.57 Å². The number of nitrogens with zero attached hydrogens (tertiary/aromatic N) is 1. The van der Waals surface area contributed by atoms with Gasteiger partial charge >= 0.3 is 6.09 Å². The number of nitrogens with one attached hydrogen (secondary N) is 1. The van der Waals surface area contributed by atoms with Crippen LogP contribution in [0.15, 0.2) is 60.8 Å². The fourth-order valence-corrected chi connectivity index (χ4v) is 2.43. The zero-order valence-corrected chi connectivity index (χ0v) is 12.7. The van der Waals surface area contributed by atoms with Crippen LogP contribution in [0.4, 0.5) is 10.5 Å². The molecule has 5 heteroatoms. The highest BCUT2D eigenvalue weighted by molar-refractivity contribution is 6.03. The maximum Gasteiger partial charge on any atom is 0.418 e. The summed E-state index contributed by atoms with van der Waals surface area (Å²) in [4.78, 5) is 23.7. The van der Waals surface area contributed by atoms with Crippen molar-refractivity contribution in [3.63, 3.8) is 0 Å². The molecule has 0 atom stereocenters. The summed E-state index contributed by atoms with van der Waals surface area (Å²) in [7, 11) is 0. The van der Waals surface area contributed by atoms with Crippen molar-refractivity contribution in [3.8, 4) is 0 Å². The monoisotopic (exact) mass is 308 g/mol. The Labute approximate surface area is 133 Å². The Balaban J connectivity index is 1.87. The Morgan fingerprint density at radius 2 is 1.83 bits per heavy atom. The largest absolute Gasteiger partial charge is 0.444 e. The minimum atomic E-state index is -0.485. The number of para-hydroxylation sites is 1. The minimum absolute atomic E-state index is 0.192. The molecular formula is C18H16N2O3. The molecular weight excluding hydrogens is 292 g/mol. The molecule has 2 aromatic carbocycles. The third-order valence-corrected chi connectivity index (χ3v) is 3.42. The second-order valence-corrected chi connectivity index (χ2v) is 5.15. The van der Waals surface area contributed by atoms with Crippen molar-refractivity contribution in [2.75, 3.05) is 5.32 Å². The number of fused-ring (bicyclic) bond motifs is 1. The van der Waals surface area contributed by atoms with Crippen molar-refractivity contribution in [3.05, 3.63) is 66.4 Å². The Morgan fingerprint density at radius 1 is 1.04 bits per heavy atom. The molecule has 0 saturated carbocycles. The van der Waals surface area contributed by atoms with E-state index >= 15 is 0 Å². The molecule has 0 bridgehead atoms. The third-order valence-electron chi connectivity index (χ3n) is 3.42. The molecule has 5 nitrogen and oxygen atoms in total. The number of aromatic nitrogens is 1. The van der Waals surface area contributed by atoms with E-state index in [1.807, 2.05) is 48.5 Å². The van der Waals surface area contributed by atoms with Crippen LogP contribution in [0.5, 0.6) is 0 Å². The number of carbonyl (C=O) groups is 2. The molecule has 0 radical (unpaired) electrons. The van der Waals surface area contributed by atoms with E-state index in [4.69, 9.17) is 4.74 Å². The molecule has 0 aliphatic rings. The Bertz CT molecular complexity index is 853. The van der Waals surface area contributed by atoms with E-state index < -0.39 is 6.09 Å². The maximum absolute atomic E-state index is 12.4. The molecule has 1 N–H and O–H groups in total. The second-order valence-electron chi connectivity index (χ2n) is 5.15. The molecule has 3 aromatic rings. The Morgan fingerprint density at radius 3 is 2.57 bits per heavy atom. The molecule has 0 spiro atoms. The van der Waals surface area contributed by atoms with Crippen LogP contribution in [0.1, 0.15) is 12.5 Å². The van der Waals surface area contributed by atoms with E-state index in [0.717, 1.165) is 10.9 Å². The quantitative estimate of drug-likeness (QED) is 0.801. The van der Waals surface area contributed by atoms with Crippen molar-refractivity contribution < 1.29 is 14.3 Å². The van der Waals surface area contributed by atoms with E-state index in [1.54, 1.807) is 12.3 Å². The van der Waals surface area contributed by atoms with E-state index in [9.17, 15) is 9.59 Å². The number of hydrogen-bond donors (Lipinski definition) is 1. The molecule has 0 aliphatic carbocycles. The average molecular weight is 308 g/mol. The summed E-state index contributed by atoms with van der Waals surface area (Å²) in [6.07, 6.45) is 1.16. The van der Waals surface area contributed by atoms with Gasteiger partial charge in [-0.25, -0.2) is 4.79 Å². The first-order chi connectivity index (χ1) is 11.1. The average Bonchev–Trinajstić information content (AvgIpc) is 2.98. The SMILES string of the molecule is CC(=O)Nc1cccc2ccn(C(=O)OCc3ccccc3)c12. The maximum atomic E-state index is 12.4. The molecule has 1 heterocycles. The third kappa shape index (κ3) is 3.23. The van der Waals surface area contributed by atoms with Crippen LogP contribution in [0.2, 0.25) is 0 Å². The first-order valence-electron chi connectivity index (χ1n) is 7.24. The topological polar surface area (TPSA) is 60.3 Å². The van der Waals surface area contributed by atoms with Crippen molar-refractivity contribution in [2.24, 2.45) is 0 Å². The first kappa shape index (κ1) is 14.8. The first-order valence-corrected chi connectivity index (χ1v) is 7.24. The van der Waals surface area contributed by atoms with Gasteiger partial charge in [-0.3, -0.25) is 9.36 Å². The van der Waals surface area contributed by atoms with Crippen LogP contribution in [0.3, 0.4) is 0 Å². The zero-order valence-electron chi connectivity index (χ0n) is 12.7. The predicted molar refractivity (Wildman–Crippen MR) is 88.3 cm³/mol. The lowest BCUT2D eigenvalue weighted by Crippen LogP contribution is -2.14. The van der Waals surface area contributed by atoms with Gasteiger partial charge in [-0.15, -0.1) is 0 Å². The van der Waals surface area contributed by atoms with Crippen LogP contribution < -0.4 is 5.32 Å². The highest BCUT2D eigenvalue weighted by Crippen LogP contribution is 2.25. The lowest BCUT2D eigenvalue weighted by atomic mass is 10.2. The van der Waals surface area contributed by atoms with Gasteiger partial charge in [0.2, 0.25) is 5.91 Å². The van der Waals surface area contributed by atoms with E-state index in [-0.39, 0.29) is 12.5 Å². The fraction of sp³-hybridized carbons (Fsp3) is 0.111. The number of carbonyl (C=O) groups excluding carboxylic acids is 2. The number of ether oxygens (including phenoxy) is 1. The van der Waals surface area contributed by atoms with Crippen LogP contribution in [-0.4, -0.2) is 16.6 Å². The van der Waals surface area contributed by atoms with Crippen molar-refractivity contribution in [1.29, 1.82) is 0 Å². The molecule has 3 rings (SSSR count). The highest BCUT2D eigenvalue weighted by atomic mass is 16.5. The summed E-state index contributed by atoms with van der Waals surface area (Å²) in [6, 6.07) is 16.7. The molecule has 23 heavy (non-hydrogen) atoms. The lowest BCUT2D eigenvalue weighted by molar-refractivity contribution is -0.114. The van der Waals surface area contributed by atoms with Gasteiger partial charge in [0.15, 0.2) is 0 Å². The number of amides is 1. The number of hydrogen-bond acceptors (Lipinski definition) is 3. The second kappa shape index (κ2) is 6.36. The van der Waals surface area contributed by atoms with Gasteiger partial charge in [0.1, 0.15) is 6.61 Å². The van der Waals surface area contributed by atoms with Crippen molar-refractivity contribution in [2.45, 2.75) is 13.5 Å². The van der Waals surface area contributed by atoms with E-state index in [1.165, 1.54) is 11.5 Å². The van der Waals surface area contributed by atoms with Gasteiger partial charge in [0.05, 0.1) is 11.2 Å². The molecule has 1 aromatic heterocycles. The Hall–Kier alpha value is -3.08. The fourth-order valence-electron chi connectivity index (χ4n) is 2.43. The molecule has 116 valence electrons. The highest BCUT2D eigenvalue weighted by Gasteiger charge is 2.14. The zero-order chi connectivity index (χ0) is 16.2. The molecule has 1 amide bonds. The summed E-state index contributed by atoms with van der Waals surface area (Å²) in [6.45, 7) is 1.63. The number of benzene rings is 2. The molecule has 0 unspecified atom stereocenters. The van der Waals surface area contributed by atoms with Crippen LogP contribution in [0.25, 0.3) is 10.9 Å². The van der Waals surface area contributed by atoms with Crippen LogP contribution in [0, 0.1) is 0 Å². The van der Waals surface area contributed by atoms with E-state index in [2.05, 4.69) is 5.32 Å². The minimum Gasteiger partial charge on any atom is -0.444 e. The summed E-state index contributed by atoms with van der Waals surface area (Å²) in [5, 5.41) is 3.59. The molecule has 0 fully saturated rings. The summed E-state index contributed by atoms with van der Waals surface area (Å²) >= 11 is 0. The van der Waals surface area contributed by atoms with Gasteiger partial charge < -0.3 is 10.1 Å². The lowest BCUT2D eigenvalue weighted by Gasteiger charge is -2.10. The van der Waals surface area contributed by atoms with Gasteiger partial charge in [-0.05, 0) is 17.7 Å². The molecule has 0 saturated heterocycles. The van der Waals surface area contributed by atoms with Gasteiger partial charge in [0.25, 0.3) is 0 Å². The van der Waals surface area contributed by atoms with Crippen LogP contribution in [-0.2, 0) is 16.1 Å². The Kier molecular flexibility index (Phi) is 4.10. The van der Waals surface area contributed by atoms with Crippen molar-refractivity contribution >= 4 is 28.6 Å². The summed E-state index contributed by atoms with van der Waals surface area (Å²) < 4.78 is 6.76. The number of rotatable bonds is 3. The van der Waals surface area contributed by atoms with Gasteiger partial charge in [-0.1, -0.05) is 42.5 Å².